The summed E-state index contributed by atoms with van der Waals surface area (Å²) in [5.74, 6) is -2.65. The molecule has 0 radical (unpaired) electrons. The Bertz CT molecular complexity index is 1750. The number of likely N-dealkylation sites (N-methyl/N-ethyl adjacent to an activating group) is 1. The molecule has 11 nitrogen and oxygen atoms in total. The number of hydrogen-bond acceptors (Lipinski definition) is 8. The SMILES string of the molecule is CO/N=C1/C(=O)N(CCN(C)C2CCCN(c3c(F)cc4c(=O)c(C(=O)O)cn(C5CC5)c4c3OC)C2)c2ccc(F)cc21. The molecule has 1 saturated heterocycles. The molecule has 44 heavy (non-hydrogen) atoms. The van der Waals surface area contributed by atoms with Crippen LogP contribution < -0.4 is 20.0 Å². The molecule has 6 rings (SSSR count). The molecule has 232 valence electrons. The third-order valence-electron chi connectivity index (χ3n) is 8.72. The number of carbonyl (C=O) groups excluding carboxylic acids is 1. The second-order valence-corrected chi connectivity index (χ2v) is 11.4. The normalized spacial score (nSPS) is 19.3. The molecule has 3 aliphatic rings. The van der Waals surface area contributed by atoms with Gasteiger partial charge in [-0.3, -0.25) is 14.5 Å². The lowest BCUT2D eigenvalue weighted by Crippen LogP contribution is -2.49. The summed E-state index contributed by atoms with van der Waals surface area (Å²) in [5.41, 5.74) is 0.470. The van der Waals surface area contributed by atoms with Gasteiger partial charge in [-0.2, -0.15) is 0 Å². The number of hydrogen-bond donors (Lipinski definition) is 1. The van der Waals surface area contributed by atoms with Crippen molar-refractivity contribution in [2.45, 2.75) is 37.8 Å². The van der Waals surface area contributed by atoms with Crippen molar-refractivity contribution in [3.05, 3.63) is 63.4 Å². The molecule has 1 unspecified atom stereocenters. The monoisotopic (exact) mass is 609 g/mol. The second kappa shape index (κ2) is 11.5. The van der Waals surface area contributed by atoms with Gasteiger partial charge in [-0.15, -0.1) is 0 Å². The Kier molecular flexibility index (Phi) is 7.74. The highest BCUT2D eigenvalue weighted by molar-refractivity contribution is 6.54. The van der Waals surface area contributed by atoms with Crippen LogP contribution in [-0.4, -0.2) is 85.6 Å². The zero-order valence-electron chi connectivity index (χ0n) is 24.7. The van der Waals surface area contributed by atoms with Crippen LogP contribution in [-0.2, 0) is 9.63 Å². The highest BCUT2D eigenvalue weighted by Gasteiger charge is 2.36. The van der Waals surface area contributed by atoms with Gasteiger partial charge in [0.25, 0.3) is 5.91 Å². The number of fused-ring (bicyclic) bond motifs is 2. The Morgan fingerprint density at radius 3 is 2.61 bits per heavy atom. The number of amides is 1. The standard InChI is InChI=1S/C31H33F2N5O6/c1-35(11-12-37-24-9-6-17(32)13-20(24)25(30(37)40)34-44-3)19-5-4-10-36(15-19)27-23(33)14-21-26(29(27)43-2)38(18-7-8-18)16-22(28(21)39)31(41)42/h6,9,13-14,16,18-19H,4-5,7-8,10-12,15H2,1-3H3,(H,41,42)/b34-25+. The van der Waals surface area contributed by atoms with E-state index in [0.29, 0.717) is 42.9 Å². The van der Waals surface area contributed by atoms with E-state index >= 15 is 4.39 Å². The largest absolute Gasteiger partial charge is 0.492 e. The van der Waals surface area contributed by atoms with Gasteiger partial charge >= 0.3 is 5.97 Å². The zero-order valence-corrected chi connectivity index (χ0v) is 24.7. The van der Waals surface area contributed by atoms with Crippen molar-refractivity contribution in [1.82, 2.24) is 9.47 Å². The molecule has 1 N–H and O–H groups in total. The number of methoxy groups -OCH3 is 1. The van der Waals surface area contributed by atoms with Gasteiger partial charge in [0.1, 0.15) is 24.2 Å². The van der Waals surface area contributed by atoms with E-state index in [1.165, 1.54) is 32.5 Å². The minimum atomic E-state index is -1.36. The number of pyridine rings is 1. The van der Waals surface area contributed by atoms with Gasteiger partial charge < -0.3 is 29.0 Å². The van der Waals surface area contributed by atoms with Gasteiger partial charge in [-0.05, 0) is 57.0 Å². The molecule has 3 heterocycles. The van der Waals surface area contributed by atoms with Crippen molar-refractivity contribution in [2.24, 2.45) is 5.16 Å². The summed E-state index contributed by atoms with van der Waals surface area (Å²) in [5, 5.41) is 13.4. The summed E-state index contributed by atoms with van der Waals surface area (Å²) in [4.78, 5) is 48.4. The third-order valence-corrected chi connectivity index (χ3v) is 8.72. The lowest BCUT2D eigenvalue weighted by atomic mass is 10.0. The lowest BCUT2D eigenvalue weighted by molar-refractivity contribution is -0.112. The van der Waals surface area contributed by atoms with Crippen molar-refractivity contribution >= 4 is 39.9 Å². The first-order valence-corrected chi connectivity index (χ1v) is 14.5. The fourth-order valence-electron chi connectivity index (χ4n) is 6.37. The zero-order chi connectivity index (χ0) is 31.3. The van der Waals surface area contributed by atoms with Gasteiger partial charge in [0, 0.05) is 50.0 Å². The maximum absolute atomic E-state index is 15.9. The number of aromatic carboxylic acids is 1. The van der Waals surface area contributed by atoms with Crippen LogP contribution in [0.25, 0.3) is 10.9 Å². The van der Waals surface area contributed by atoms with Crippen LogP contribution in [0.1, 0.15) is 47.6 Å². The van der Waals surface area contributed by atoms with Gasteiger partial charge in [0.15, 0.2) is 17.3 Å². The van der Waals surface area contributed by atoms with Crippen molar-refractivity contribution in [2.75, 3.05) is 57.2 Å². The Morgan fingerprint density at radius 1 is 1.16 bits per heavy atom. The Hall–Kier alpha value is -4.52. The molecule has 2 aliphatic heterocycles. The Labute approximate surface area is 251 Å². The van der Waals surface area contributed by atoms with E-state index in [1.54, 1.807) is 15.5 Å². The molecule has 1 amide bonds. The van der Waals surface area contributed by atoms with Crippen LogP contribution in [0.5, 0.6) is 5.75 Å². The van der Waals surface area contributed by atoms with E-state index in [0.717, 1.165) is 31.7 Å². The molecule has 1 aromatic heterocycles. The van der Waals surface area contributed by atoms with Crippen LogP contribution in [0.3, 0.4) is 0 Å². The van der Waals surface area contributed by atoms with Crippen LogP contribution in [0, 0.1) is 11.6 Å². The van der Waals surface area contributed by atoms with Gasteiger partial charge in [0.05, 0.1) is 23.7 Å². The molecule has 0 bridgehead atoms. The number of halogens is 2. The maximum atomic E-state index is 15.9. The molecular weight excluding hydrogens is 576 g/mol. The number of aromatic nitrogens is 1. The number of carboxylic acid groups (broad SMARTS) is 1. The van der Waals surface area contributed by atoms with E-state index in [1.807, 2.05) is 11.9 Å². The van der Waals surface area contributed by atoms with Crippen molar-refractivity contribution in [3.8, 4) is 5.75 Å². The topological polar surface area (TPSA) is 117 Å². The number of nitrogens with zero attached hydrogens (tertiary/aromatic N) is 5. The van der Waals surface area contributed by atoms with Crippen LogP contribution in [0.15, 0.2) is 40.4 Å². The first-order chi connectivity index (χ1) is 21.1. The summed E-state index contributed by atoms with van der Waals surface area (Å²) in [7, 11) is 4.70. The molecule has 3 aromatic rings. The highest BCUT2D eigenvalue weighted by Crippen LogP contribution is 2.44. The molecule has 2 aromatic carbocycles. The summed E-state index contributed by atoms with van der Waals surface area (Å²) in [6.07, 6.45) is 4.59. The van der Waals surface area contributed by atoms with Crippen molar-refractivity contribution in [3.63, 3.8) is 0 Å². The van der Waals surface area contributed by atoms with Gasteiger partial charge in [-0.1, -0.05) is 5.16 Å². The van der Waals surface area contributed by atoms with E-state index < -0.39 is 28.6 Å². The predicted molar refractivity (Wildman–Crippen MR) is 160 cm³/mol. The van der Waals surface area contributed by atoms with Crippen LogP contribution in [0.4, 0.5) is 20.2 Å². The number of ether oxygens (including phenoxy) is 1. The van der Waals surface area contributed by atoms with Gasteiger partial charge in [0.2, 0.25) is 5.43 Å². The third kappa shape index (κ3) is 5.04. The average molecular weight is 610 g/mol. The van der Waals surface area contributed by atoms with Gasteiger partial charge in [-0.25, -0.2) is 13.6 Å². The summed E-state index contributed by atoms with van der Waals surface area (Å²) < 4.78 is 37.3. The molecule has 1 atom stereocenters. The number of anilines is 2. The smallest absolute Gasteiger partial charge is 0.341 e. The van der Waals surface area contributed by atoms with E-state index in [2.05, 4.69) is 10.1 Å². The number of piperidine rings is 1. The molecular formula is C31H33F2N5O6. The quantitative estimate of drug-likeness (QED) is 0.366. The second-order valence-electron chi connectivity index (χ2n) is 11.4. The molecule has 2 fully saturated rings. The van der Waals surface area contributed by atoms with E-state index in [4.69, 9.17) is 9.57 Å². The number of carboxylic acids is 1. The fourth-order valence-corrected chi connectivity index (χ4v) is 6.37. The van der Waals surface area contributed by atoms with E-state index in [9.17, 15) is 23.9 Å². The minimum Gasteiger partial charge on any atom is -0.492 e. The fraction of sp³-hybridized carbons (Fsp3) is 0.419. The molecule has 1 saturated carbocycles. The molecule has 1 aliphatic carbocycles. The van der Waals surface area contributed by atoms with Crippen LogP contribution in [0.2, 0.25) is 0 Å². The predicted octanol–water partition coefficient (Wildman–Crippen LogP) is 3.62. The highest BCUT2D eigenvalue weighted by atomic mass is 19.1. The first kappa shape index (κ1) is 29.5. The first-order valence-electron chi connectivity index (χ1n) is 14.5. The van der Waals surface area contributed by atoms with Crippen molar-refractivity contribution in [1.29, 1.82) is 0 Å². The number of carbonyl (C=O) groups is 2. The van der Waals surface area contributed by atoms with Crippen LogP contribution >= 0.6 is 0 Å². The number of rotatable bonds is 9. The molecule has 13 heteroatoms. The lowest BCUT2D eigenvalue weighted by Gasteiger charge is -2.40. The number of benzene rings is 2. The molecule has 0 spiro atoms. The van der Waals surface area contributed by atoms with Crippen molar-refractivity contribution < 1.29 is 33.1 Å². The summed E-state index contributed by atoms with van der Waals surface area (Å²) in [6.45, 7) is 1.82. The minimum absolute atomic E-state index is 0.000991. The Morgan fingerprint density at radius 2 is 1.93 bits per heavy atom. The summed E-state index contributed by atoms with van der Waals surface area (Å²) in [6, 6.07) is 5.26. The summed E-state index contributed by atoms with van der Waals surface area (Å²) >= 11 is 0. The van der Waals surface area contributed by atoms with E-state index in [-0.39, 0.29) is 40.5 Å². The maximum Gasteiger partial charge on any atom is 0.341 e. The Balaban J connectivity index is 1.26. The average Bonchev–Trinajstić information content (AvgIpc) is 3.82. The number of oxime groups is 1.